The van der Waals surface area contributed by atoms with Crippen molar-refractivity contribution in [2.24, 2.45) is 0 Å². The highest BCUT2D eigenvalue weighted by atomic mass is 32.2. The summed E-state index contributed by atoms with van der Waals surface area (Å²) in [5.41, 5.74) is 0. The van der Waals surface area contributed by atoms with Crippen molar-refractivity contribution in [2.75, 3.05) is 31.3 Å². The molecule has 1 aromatic heterocycles. The third-order valence-electron chi connectivity index (χ3n) is 3.28. The fourth-order valence-electron chi connectivity index (χ4n) is 2.14. The van der Waals surface area contributed by atoms with Crippen LogP contribution in [0.3, 0.4) is 0 Å². The number of hydrogen-bond donors (Lipinski definition) is 1. The maximum atomic E-state index is 11.8. The summed E-state index contributed by atoms with van der Waals surface area (Å²) in [6.07, 6.45) is 1.58. The van der Waals surface area contributed by atoms with Crippen LogP contribution >= 0.6 is 11.5 Å². The van der Waals surface area contributed by atoms with Crippen LogP contribution in [0.4, 0.5) is 5.13 Å². The number of ether oxygens (including phenoxy) is 1. The van der Waals surface area contributed by atoms with E-state index in [4.69, 9.17) is 4.74 Å². The van der Waals surface area contributed by atoms with Gasteiger partial charge in [0.25, 0.3) is 0 Å². The van der Waals surface area contributed by atoms with Crippen molar-refractivity contribution in [3.63, 3.8) is 0 Å². The molecule has 20 heavy (non-hydrogen) atoms. The van der Waals surface area contributed by atoms with Gasteiger partial charge in [0.15, 0.2) is 5.82 Å². The maximum absolute atomic E-state index is 11.8. The second-order valence-corrected chi connectivity index (χ2v) is 7.68. The number of aromatic nitrogens is 2. The first-order valence-electron chi connectivity index (χ1n) is 6.61. The number of hydrogen-bond acceptors (Lipinski definition) is 7. The van der Waals surface area contributed by atoms with Gasteiger partial charge in [-0.25, -0.2) is 17.7 Å². The Hall–Kier alpha value is -0.770. The SMILES string of the molecule is CCS(=O)(=O)N1CCC(Nc2nc(COC)ns2)CC1. The highest BCUT2D eigenvalue weighted by molar-refractivity contribution is 7.89. The largest absolute Gasteiger partial charge is 0.377 e. The van der Waals surface area contributed by atoms with Gasteiger partial charge in [-0.2, -0.15) is 4.37 Å². The van der Waals surface area contributed by atoms with Gasteiger partial charge in [0.2, 0.25) is 15.2 Å². The predicted molar refractivity (Wildman–Crippen MR) is 78.3 cm³/mol. The first kappa shape index (κ1) is 15.6. The molecule has 1 N–H and O–H groups in total. The monoisotopic (exact) mass is 320 g/mol. The van der Waals surface area contributed by atoms with Crippen LogP contribution in [0.25, 0.3) is 0 Å². The number of methoxy groups -OCH3 is 1. The Morgan fingerprint density at radius 1 is 1.45 bits per heavy atom. The molecule has 0 aliphatic carbocycles. The molecular formula is C11H20N4O3S2. The summed E-state index contributed by atoms with van der Waals surface area (Å²) in [4.78, 5) is 4.32. The number of nitrogens with one attached hydrogen (secondary N) is 1. The molecular weight excluding hydrogens is 300 g/mol. The van der Waals surface area contributed by atoms with Crippen LogP contribution < -0.4 is 5.32 Å². The molecule has 0 saturated carbocycles. The lowest BCUT2D eigenvalue weighted by Gasteiger charge is -2.31. The average molecular weight is 320 g/mol. The highest BCUT2D eigenvalue weighted by Gasteiger charge is 2.26. The van der Waals surface area contributed by atoms with Crippen LogP contribution in [0.15, 0.2) is 0 Å². The summed E-state index contributed by atoms with van der Waals surface area (Å²) in [6, 6.07) is 0.252. The lowest BCUT2D eigenvalue weighted by Crippen LogP contribution is -2.42. The second-order valence-electron chi connectivity index (χ2n) is 4.67. The molecule has 9 heteroatoms. The molecule has 1 aliphatic heterocycles. The molecule has 2 heterocycles. The van der Waals surface area contributed by atoms with Crippen molar-refractivity contribution in [3.05, 3.63) is 5.82 Å². The van der Waals surface area contributed by atoms with Gasteiger partial charge in [-0.05, 0) is 19.8 Å². The molecule has 0 radical (unpaired) electrons. The Balaban J connectivity index is 1.85. The van der Waals surface area contributed by atoms with Crippen LogP contribution in [0.1, 0.15) is 25.6 Å². The van der Waals surface area contributed by atoms with E-state index in [1.807, 2.05) is 0 Å². The van der Waals surface area contributed by atoms with Crippen molar-refractivity contribution < 1.29 is 13.2 Å². The van der Waals surface area contributed by atoms with Crippen molar-refractivity contribution in [2.45, 2.75) is 32.4 Å². The lowest BCUT2D eigenvalue weighted by atomic mass is 10.1. The fourth-order valence-corrected chi connectivity index (χ4v) is 3.92. The number of nitrogens with zero attached hydrogens (tertiary/aromatic N) is 3. The summed E-state index contributed by atoms with van der Waals surface area (Å²) < 4.78 is 34.3. The summed E-state index contributed by atoms with van der Waals surface area (Å²) in [5.74, 6) is 0.841. The van der Waals surface area contributed by atoms with Crippen molar-refractivity contribution in [3.8, 4) is 0 Å². The molecule has 0 spiro atoms. The van der Waals surface area contributed by atoms with Gasteiger partial charge in [-0.3, -0.25) is 0 Å². The van der Waals surface area contributed by atoms with Gasteiger partial charge in [0.05, 0.1) is 5.75 Å². The van der Waals surface area contributed by atoms with Crippen molar-refractivity contribution >= 4 is 26.7 Å². The summed E-state index contributed by atoms with van der Waals surface area (Å²) in [6.45, 7) is 3.22. The molecule has 1 fully saturated rings. The highest BCUT2D eigenvalue weighted by Crippen LogP contribution is 2.20. The van der Waals surface area contributed by atoms with Gasteiger partial charge in [0, 0.05) is 37.8 Å². The number of sulfonamides is 1. The van der Waals surface area contributed by atoms with Gasteiger partial charge >= 0.3 is 0 Å². The zero-order valence-corrected chi connectivity index (χ0v) is 13.3. The fraction of sp³-hybridized carbons (Fsp3) is 0.818. The molecule has 0 unspecified atom stereocenters. The molecule has 2 rings (SSSR count). The normalized spacial score (nSPS) is 18.3. The predicted octanol–water partition coefficient (Wildman–Crippen LogP) is 0.910. The third kappa shape index (κ3) is 3.87. The van der Waals surface area contributed by atoms with E-state index >= 15 is 0 Å². The standard InChI is InChI=1S/C11H20N4O3S2/c1-3-20(16,17)15-6-4-9(5-7-15)12-11-13-10(8-18-2)14-19-11/h9H,3-8H2,1-2H3,(H,12,13,14). The first-order chi connectivity index (χ1) is 9.55. The number of anilines is 1. The smallest absolute Gasteiger partial charge is 0.213 e. The molecule has 0 bridgehead atoms. The zero-order chi connectivity index (χ0) is 14.6. The Morgan fingerprint density at radius 2 is 2.15 bits per heavy atom. The maximum Gasteiger partial charge on any atom is 0.213 e. The molecule has 0 atom stereocenters. The van der Waals surface area contributed by atoms with E-state index in [0.29, 0.717) is 25.5 Å². The number of piperidine rings is 1. The molecule has 1 saturated heterocycles. The van der Waals surface area contributed by atoms with E-state index in [0.717, 1.165) is 18.0 Å². The van der Waals surface area contributed by atoms with Crippen molar-refractivity contribution in [1.82, 2.24) is 13.7 Å². The van der Waals surface area contributed by atoms with Crippen LogP contribution in [0.5, 0.6) is 0 Å². The summed E-state index contributed by atoms with van der Waals surface area (Å²) in [5, 5.41) is 4.09. The lowest BCUT2D eigenvalue weighted by molar-refractivity contribution is 0.179. The Kier molecular flexibility index (Phi) is 5.30. The Bertz CT molecular complexity index is 524. The van der Waals surface area contributed by atoms with Gasteiger partial charge in [-0.1, -0.05) is 0 Å². The Morgan fingerprint density at radius 3 is 2.75 bits per heavy atom. The van der Waals surface area contributed by atoms with E-state index in [9.17, 15) is 8.42 Å². The molecule has 7 nitrogen and oxygen atoms in total. The second kappa shape index (κ2) is 6.79. The van der Waals surface area contributed by atoms with Crippen LogP contribution in [0, 0.1) is 0 Å². The van der Waals surface area contributed by atoms with E-state index < -0.39 is 10.0 Å². The van der Waals surface area contributed by atoms with Gasteiger partial charge in [0.1, 0.15) is 6.61 Å². The summed E-state index contributed by atoms with van der Waals surface area (Å²) >= 11 is 1.31. The topological polar surface area (TPSA) is 84.4 Å². The van der Waals surface area contributed by atoms with E-state index in [2.05, 4.69) is 14.7 Å². The Labute approximate surface area is 123 Å². The van der Waals surface area contributed by atoms with Crippen LogP contribution in [-0.2, 0) is 21.4 Å². The third-order valence-corrected chi connectivity index (χ3v) is 5.85. The number of rotatable bonds is 6. The van der Waals surface area contributed by atoms with E-state index in [1.165, 1.54) is 11.5 Å². The molecule has 1 aliphatic rings. The summed E-state index contributed by atoms with van der Waals surface area (Å²) in [7, 11) is -1.45. The molecule has 1 aromatic rings. The van der Waals surface area contributed by atoms with E-state index in [1.54, 1.807) is 18.3 Å². The van der Waals surface area contributed by atoms with Crippen LogP contribution in [0.2, 0.25) is 0 Å². The first-order valence-corrected chi connectivity index (χ1v) is 8.99. The van der Waals surface area contributed by atoms with Gasteiger partial charge < -0.3 is 10.1 Å². The minimum atomic E-state index is -3.06. The zero-order valence-electron chi connectivity index (χ0n) is 11.7. The minimum Gasteiger partial charge on any atom is -0.377 e. The van der Waals surface area contributed by atoms with E-state index in [-0.39, 0.29) is 11.8 Å². The molecule has 114 valence electrons. The molecule has 0 amide bonds. The quantitative estimate of drug-likeness (QED) is 0.839. The minimum absolute atomic E-state index is 0.169. The van der Waals surface area contributed by atoms with Crippen LogP contribution in [-0.4, -0.2) is 54.1 Å². The van der Waals surface area contributed by atoms with Gasteiger partial charge in [-0.15, -0.1) is 0 Å². The average Bonchev–Trinajstić information content (AvgIpc) is 2.87. The van der Waals surface area contributed by atoms with Crippen molar-refractivity contribution in [1.29, 1.82) is 0 Å². The molecule has 0 aromatic carbocycles.